The standard InChI is InChI=1S/C22H22N2O7/c25-11-17-19(27)20(28)21(31-17)24-9-8-15(23-22(24)29)10-18(26)30-12-14-6-3-5-13-4-1-2-7-16(13)14/h1-9,17,19-21,25,27-28H,10-12H2. The Morgan fingerprint density at radius 2 is 1.87 bits per heavy atom. The fraction of sp³-hybridized carbons (Fsp3) is 0.318. The van der Waals surface area contributed by atoms with Crippen LogP contribution in [0.15, 0.2) is 59.5 Å². The summed E-state index contributed by atoms with van der Waals surface area (Å²) in [5.41, 5.74) is 0.323. The minimum atomic E-state index is -1.40. The number of ether oxygens (including phenoxy) is 2. The zero-order valence-electron chi connectivity index (χ0n) is 16.5. The molecule has 1 aromatic heterocycles. The predicted molar refractivity (Wildman–Crippen MR) is 109 cm³/mol. The minimum absolute atomic E-state index is 0.0970. The summed E-state index contributed by atoms with van der Waals surface area (Å²) in [5.74, 6) is -0.537. The number of carbonyl (C=O) groups excluding carboxylic acids is 1. The summed E-state index contributed by atoms with van der Waals surface area (Å²) in [7, 11) is 0. The van der Waals surface area contributed by atoms with Crippen molar-refractivity contribution in [3.63, 3.8) is 0 Å². The Morgan fingerprint density at radius 3 is 2.61 bits per heavy atom. The number of aliphatic hydroxyl groups is 3. The molecule has 9 nitrogen and oxygen atoms in total. The average molecular weight is 426 g/mol. The van der Waals surface area contributed by atoms with Gasteiger partial charge in [0, 0.05) is 6.20 Å². The van der Waals surface area contributed by atoms with Crippen LogP contribution >= 0.6 is 0 Å². The molecular formula is C22H22N2O7. The normalized spacial score (nSPS) is 23.2. The Hall–Kier alpha value is -3.11. The third-order valence-corrected chi connectivity index (χ3v) is 5.27. The van der Waals surface area contributed by atoms with Gasteiger partial charge in [-0.05, 0) is 22.4 Å². The predicted octanol–water partition coefficient (Wildman–Crippen LogP) is 0.294. The maximum Gasteiger partial charge on any atom is 0.350 e. The maximum absolute atomic E-state index is 12.3. The van der Waals surface area contributed by atoms with E-state index in [1.54, 1.807) is 0 Å². The first kappa shape index (κ1) is 21.1. The Balaban J connectivity index is 1.41. The second kappa shape index (κ2) is 8.94. The van der Waals surface area contributed by atoms with E-state index in [0.717, 1.165) is 20.9 Å². The molecule has 0 radical (unpaired) electrons. The highest BCUT2D eigenvalue weighted by molar-refractivity contribution is 5.85. The first-order valence-corrected chi connectivity index (χ1v) is 9.80. The molecule has 3 N–H and O–H groups in total. The lowest BCUT2D eigenvalue weighted by molar-refractivity contribution is -0.144. The number of aromatic nitrogens is 2. The van der Waals surface area contributed by atoms with Gasteiger partial charge in [-0.3, -0.25) is 9.36 Å². The summed E-state index contributed by atoms with van der Waals surface area (Å²) in [4.78, 5) is 28.4. The van der Waals surface area contributed by atoms with Crippen molar-refractivity contribution in [1.29, 1.82) is 0 Å². The first-order valence-electron chi connectivity index (χ1n) is 9.80. The van der Waals surface area contributed by atoms with Crippen LogP contribution in [0.3, 0.4) is 0 Å². The molecule has 2 aromatic carbocycles. The number of esters is 1. The molecule has 4 atom stereocenters. The van der Waals surface area contributed by atoms with Gasteiger partial charge in [-0.15, -0.1) is 0 Å². The topological polar surface area (TPSA) is 131 Å². The van der Waals surface area contributed by atoms with Crippen molar-refractivity contribution < 1.29 is 29.6 Å². The van der Waals surface area contributed by atoms with E-state index in [1.165, 1.54) is 12.3 Å². The lowest BCUT2D eigenvalue weighted by Gasteiger charge is -2.17. The number of rotatable bonds is 6. The Labute approximate surface area is 177 Å². The van der Waals surface area contributed by atoms with Crippen LogP contribution in [0.1, 0.15) is 17.5 Å². The summed E-state index contributed by atoms with van der Waals surface area (Å²) in [6, 6.07) is 15.0. The zero-order valence-corrected chi connectivity index (χ0v) is 16.5. The van der Waals surface area contributed by atoms with Crippen LogP contribution in [0.5, 0.6) is 0 Å². The monoisotopic (exact) mass is 426 g/mol. The smallest absolute Gasteiger partial charge is 0.350 e. The molecule has 1 fully saturated rings. The highest BCUT2D eigenvalue weighted by atomic mass is 16.6. The molecule has 3 aromatic rings. The van der Waals surface area contributed by atoms with E-state index in [0.29, 0.717) is 0 Å². The zero-order chi connectivity index (χ0) is 22.0. The van der Waals surface area contributed by atoms with Crippen LogP contribution in [0.25, 0.3) is 10.8 Å². The van der Waals surface area contributed by atoms with Gasteiger partial charge in [0.2, 0.25) is 0 Å². The SMILES string of the molecule is O=C(Cc1ccn(C2OC(CO)C(O)C2O)c(=O)n1)OCc1cccc2ccccc12. The number of benzene rings is 2. The highest BCUT2D eigenvalue weighted by Gasteiger charge is 2.43. The molecule has 0 spiro atoms. The van der Waals surface area contributed by atoms with Gasteiger partial charge < -0.3 is 24.8 Å². The van der Waals surface area contributed by atoms with Crippen molar-refractivity contribution in [2.24, 2.45) is 0 Å². The van der Waals surface area contributed by atoms with E-state index in [-0.39, 0.29) is 18.7 Å². The van der Waals surface area contributed by atoms with Crippen molar-refractivity contribution >= 4 is 16.7 Å². The molecule has 0 aliphatic carbocycles. The van der Waals surface area contributed by atoms with E-state index < -0.39 is 42.8 Å². The van der Waals surface area contributed by atoms with E-state index in [4.69, 9.17) is 9.47 Å². The first-order chi connectivity index (χ1) is 15.0. The molecule has 4 rings (SSSR count). The van der Waals surface area contributed by atoms with E-state index in [1.807, 2.05) is 42.5 Å². The maximum atomic E-state index is 12.3. The van der Waals surface area contributed by atoms with Gasteiger partial charge >= 0.3 is 11.7 Å². The number of aliphatic hydroxyl groups excluding tert-OH is 3. The molecule has 9 heteroatoms. The highest BCUT2D eigenvalue weighted by Crippen LogP contribution is 2.28. The Bertz CT molecular complexity index is 1140. The van der Waals surface area contributed by atoms with Crippen molar-refractivity contribution in [2.45, 2.75) is 37.6 Å². The van der Waals surface area contributed by atoms with E-state index in [9.17, 15) is 24.9 Å². The molecule has 0 bridgehead atoms. The lowest BCUT2D eigenvalue weighted by Crippen LogP contribution is -2.36. The summed E-state index contributed by atoms with van der Waals surface area (Å²) in [6.07, 6.45) is -3.78. The van der Waals surface area contributed by atoms with Crippen LogP contribution in [0.2, 0.25) is 0 Å². The second-order valence-corrected chi connectivity index (χ2v) is 7.31. The summed E-state index contributed by atoms with van der Waals surface area (Å²) in [6.45, 7) is -0.405. The summed E-state index contributed by atoms with van der Waals surface area (Å²) >= 11 is 0. The van der Waals surface area contributed by atoms with Crippen LogP contribution in [-0.2, 0) is 27.3 Å². The number of carbonyl (C=O) groups is 1. The third kappa shape index (κ3) is 4.35. The van der Waals surface area contributed by atoms with Crippen LogP contribution in [-0.4, -0.2) is 55.8 Å². The second-order valence-electron chi connectivity index (χ2n) is 7.31. The number of fused-ring (bicyclic) bond motifs is 1. The lowest BCUT2D eigenvalue weighted by atomic mass is 10.1. The Morgan fingerprint density at radius 1 is 1.10 bits per heavy atom. The van der Waals surface area contributed by atoms with Gasteiger partial charge in [-0.2, -0.15) is 4.98 Å². The molecule has 0 amide bonds. The Kier molecular flexibility index (Phi) is 6.10. The third-order valence-electron chi connectivity index (χ3n) is 5.27. The number of nitrogens with zero attached hydrogens (tertiary/aromatic N) is 2. The summed E-state index contributed by atoms with van der Waals surface area (Å²) < 4.78 is 11.7. The molecule has 1 aliphatic rings. The molecule has 31 heavy (non-hydrogen) atoms. The molecule has 162 valence electrons. The van der Waals surface area contributed by atoms with Crippen LogP contribution in [0.4, 0.5) is 0 Å². The quantitative estimate of drug-likeness (QED) is 0.480. The van der Waals surface area contributed by atoms with Gasteiger partial charge in [0.05, 0.1) is 18.7 Å². The van der Waals surface area contributed by atoms with Gasteiger partial charge in [0.1, 0.15) is 24.9 Å². The molecule has 1 saturated heterocycles. The van der Waals surface area contributed by atoms with E-state index in [2.05, 4.69) is 4.98 Å². The van der Waals surface area contributed by atoms with Crippen molar-refractivity contribution in [3.05, 3.63) is 76.5 Å². The fourth-order valence-electron chi connectivity index (χ4n) is 3.63. The number of hydrogen-bond donors (Lipinski definition) is 3. The van der Waals surface area contributed by atoms with E-state index >= 15 is 0 Å². The summed E-state index contributed by atoms with van der Waals surface area (Å²) in [5, 5.41) is 31.1. The van der Waals surface area contributed by atoms with Gasteiger partial charge in [0.15, 0.2) is 6.23 Å². The van der Waals surface area contributed by atoms with Crippen LogP contribution < -0.4 is 5.69 Å². The minimum Gasteiger partial charge on any atom is -0.460 e. The molecule has 0 saturated carbocycles. The fourth-order valence-corrected chi connectivity index (χ4v) is 3.63. The van der Waals surface area contributed by atoms with Crippen molar-refractivity contribution in [2.75, 3.05) is 6.61 Å². The van der Waals surface area contributed by atoms with Gasteiger partial charge in [0.25, 0.3) is 0 Å². The molecule has 4 unspecified atom stereocenters. The molecular weight excluding hydrogens is 404 g/mol. The number of hydrogen-bond acceptors (Lipinski definition) is 8. The van der Waals surface area contributed by atoms with Crippen LogP contribution in [0, 0.1) is 0 Å². The molecule has 1 aliphatic heterocycles. The molecule has 2 heterocycles. The van der Waals surface area contributed by atoms with Crippen molar-refractivity contribution in [3.8, 4) is 0 Å². The average Bonchev–Trinajstić information content (AvgIpc) is 3.06. The largest absolute Gasteiger partial charge is 0.460 e. The van der Waals surface area contributed by atoms with Crippen molar-refractivity contribution in [1.82, 2.24) is 9.55 Å². The van der Waals surface area contributed by atoms with Gasteiger partial charge in [-0.1, -0.05) is 42.5 Å². The van der Waals surface area contributed by atoms with Gasteiger partial charge in [-0.25, -0.2) is 4.79 Å².